The first-order valence-corrected chi connectivity index (χ1v) is 5.77. The number of aromatic nitrogens is 1. The predicted octanol–water partition coefficient (Wildman–Crippen LogP) is 3.26. The van der Waals surface area contributed by atoms with Crippen LogP contribution in [0.15, 0.2) is 36.5 Å². The molecule has 18 heavy (non-hydrogen) atoms. The van der Waals surface area contributed by atoms with Crippen molar-refractivity contribution in [2.45, 2.75) is 20.3 Å². The quantitative estimate of drug-likeness (QED) is 0.774. The number of hydrogen-bond donors (Lipinski definition) is 0. The first-order chi connectivity index (χ1) is 8.56. The highest BCUT2D eigenvalue weighted by Gasteiger charge is 2.09. The molecule has 0 fully saturated rings. The fourth-order valence-corrected chi connectivity index (χ4v) is 1.64. The van der Waals surface area contributed by atoms with Gasteiger partial charge in [0.2, 0.25) is 0 Å². The van der Waals surface area contributed by atoms with Crippen molar-refractivity contribution in [3.63, 3.8) is 0 Å². The number of pyridine rings is 1. The van der Waals surface area contributed by atoms with Gasteiger partial charge in [-0.3, -0.25) is 9.78 Å². The van der Waals surface area contributed by atoms with Crippen LogP contribution in [0, 0.1) is 19.7 Å². The van der Waals surface area contributed by atoms with Gasteiger partial charge in [-0.1, -0.05) is 18.2 Å². The Balaban J connectivity index is 2.16. The van der Waals surface area contributed by atoms with E-state index in [4.69, 9.17) is 0 Å². The number of rotatable bonds is 3. The second-order valence-electron chi connectivity index (χ2n) is 4.39. The Morgan fingerprint density at radius 2 is 2.00 bits per heavy atom. The van der Waals surface area contributed by atoms with Crippen LogP contribution in [0.1, 0.15) is 27.2 Å². The zero-order valence-electron chi connectivity index (χ0n) is 10.4. The molecule has 0 unspecified atom stereocenters. The summed E-state index contributed by atoms with van der Waals surface area (Å²) < 4.78 is 13.4. The van der Waals surface area contributed by atoms with Crippen molar-refractivity contribution in [3.05, 3.63) is 64.7 Å². The molecule has 0 bridgehead atoms. The number of hydrogen-bond acceptors (Lipinski definition) is 2. The van der Waals surface area contributed by atoms with Gasteiger partial charge in [0.1, 0.15) is 5.82 Å². The Hall–Kier alpha value is -2.03. The summed E-state index contributed by atoms with van der Waals surface area (Å²) in [6, 6.07) is 8.27. The van der Waals surface area contributed by atoms with Gasteiger partial charge in [-0.2, -0.15) is 0 Å². The van der Waals surface area contributed by atoms with Gasteiger partial charge in [0.05, 0.1) is 6.42 Å². The summed E-state index contributed by atoms with van der Waals surface area (Å²) in [6.45, 7) is 3.61. The van der Waals surface area contributed by atoms with Gasteiger partial charge in [0, 0.05) is 17.5 Å². The number of nitrogens with zero attached hydrogens (tertiary/aromatic N) is 1. The monoisotopic (exact) mass is 243 g/mol. The molecule has 0 aliphatic carbocycles. The molecule has 92 valence electrons. The maximum atomic E-state index is 13.4. The normalized spacial score (nSPS) is 10.4. The molecular weight excluding hydrogens is 229 g/mol. The average molecular weight is 243 g/mol. The molecule has 1 aromatic heterocycles. The third-order valence-corrected chi connectivity index (χ3v) is 2.81. The number of halogens is 1. The SMILES string of the molecule is Cc1ccc(CC(=O)c2ccc(C)c(F)c2)nc1. The third kappa shape index (κ3) is 2.80. The lowest BCUT2D eigenvalue weighted by Gasteiger charge is -2.03. The van der Waals surface area contributed by atoms with Crippen molar-refractivity contribution in [3.8, 4) is 0 Å². The highest BCUT2D eigenvalue weighted by atomic mass is 19.1. The van der Waals surface area contributed by atoms with Crippen LogP contribution in [0.3, 0.4) is 0 Å². The minimum absolute atomic E-state index is 0.120. The fraction of sp³-hybridized carbons (Fsp3) is 0.200. The van der Waals surface area contributed by atoms with Crippen LogP contribution in [0.5, 0.6) is 0 Å². The molecule has 0 radical (unpaired) electrons. The summed E-state index contributed by atoms with van der Waals surface area (Å²) in [5, 5.41) is 0. The van der Waals surface area contributed by atoms with E-state index in [1.807, 2.05) is 19.1 Å². The highest BCUT2D eigenvalue weighted by molar-refractivity contribution is 5.97. The van der Waals surface area contributed by atoms with E-state index < -0.39 is 0 Å². The summed E-state index contributed by atoms with van der Waals surface area (Å²) in [4.78, 5) is 16.1. The molecule has 2 aromatic rings. The average Bonchev–Trinajstić information content (AvgIpc) is 2.35. The minimum Gasteiger partial charge on any atom is -0.294 e. The van der Waals surface area contributed by atoms with Gasteiger partial charge in [-0.15, -0.1) is 0 Å². The highest BCUT2D eigenvalue weighted by Crippen LogP contribution is 2.12. The number of Topliss-reactive ketones (excluding diaryl/α,β-unsaturated/α-hetero) is 1. The maximum Gasteiger partial charge on any atom is 0.168 e. The Morgan fingerprint density at radius 3 is 2.61 bits per heavy atom. The molecular formula is C15H14FNO. The van der Waals surface area contributed by atoms with Crippen molar-refractivity contribution < 1.29 is 9.18 Å². The Kier molecular flexibility index (Phi) is 3.51. The van der Waals surface area contributed by atoms with Crippen molar-refractivity contribution in [2.24, 2.45) is 0 Å². The van der Waals surface area contributed by atoms with Crippen LogP contribution in [0.4, 0.5) is 4.39 Å². The van der Waals surface area contributed by atoms with E-state index in [2.05, 4.69) is 4.98 Å². The van der Waals surface area contributed by atoms with E-state index in [1.165, 1.54) is 6.07 Å². The van der Waals surface area contributed by atoms with Crippen LogP contribution < -0.4 is 0 Å². The van der Waals surface area contributed by atoms with E-state index in [1.54, 1.807) is 25.3 Å². The van der Waals surface area contributed by atoms with Crippen LogP contribution in [-0.4, -0.2) is 10.8 Å². The van der Waals surface area contributed by atoms with E-state index in [9.17, 15) is 9.18 Å². The summed E-state index contributed by atoms with van der Waals surface area (Å²) in [6.07, 6.45) is 1.92. The first-order valence-electron chi connectivity index (χ1n) is 5.77. The largest absolute Gasteiger partial charge is 0.294 e. The van der Waals surface area contributed by atoms with Crippen molar-refractivity contribution in [2.75, 3.05) is 0 Å². The summed E-state index contributed by atoms with van der Waals surface area (Å²) in [5.74, 6) is -0.469. The predicted molar refractivity (Wildman–Crippen MR) is 68.1 cm³/mol. The third-order valence-electron chi connectivity index (χ3n) is 2.81. The van der Waals surface area contributed by atoms with Crippen molar-refractivity contribution in [1.29, 1.82) is 0 Å². The lowest BCUT2D eigenvalue weighted by Crippen LogP contribution is -2.05. The molecule has 0 N–H and O–H groups in total. The van der Waals surface area contributed by atoms with Gasteiger partial charge in [0.25, 0.3) is 0 Å². The lowest BCUT2D eigenvalue weighted by molar-refractivity contribution is 0.0991. The van der Waals surface area contributed by atoms with Gasteiger partial charge in [0.15, 0.2) is 5.78 Å². The summed E-state index contributed by atoms with van der Waals surface area (Å²) in [7, 11) is 0. The second-order valence-corrected chi connectivity index (χ2v) is 4.39. The first kappa shape index (κ1) is 12.4. The second kappa shape index (κ2) is 5.08. The molecule has 0 aliphatic rings. The number of ketones is 1. The summed E-state index contributed by atoms with van der Waals surface area (Å²) in [5.41, 5.74) is 2.68. The topological polar surface area (TPSA) is 30.0 Å². The van der Waals surface area contributed by atoms with Crippen LogP contribution >= 0.6 is 0 Å². The van der Waals surface area contributed by atoms with E-state index in [-0.39, 0.29) is 18.0 Å². The molecule has 1 aromatic carbocycles. The Morgan fingerprint density at radius 1 is 1.22 bits per heavy atom. The zero-order valence-corrected chi connectivity index (χ0v) is 10.4. The summed E-state index contributed by atoms with van der Waals surface area (Å²) >= 11 is 0. The van der Waals surface area contributed by atoms with E-state index in [0.717, 1.165) is 5.56 Å². The van der Waals surface area contributed by atoms with Crippen molar-refractivity contribution >= 4 is 5.78 Å². The van der Waals surface area contributed by atoms with Crippen LogP contribution in [0.2, 0.25) is 0 Å². The molecule has 0 amide bonds. The van der Waals surface area contributed by atoms with Crippen LogP contribution in [-0.2, 0) is 6.42 Å². The molecule has 0 saturated heterocycles. The molecule has 2 nitrogen and oxygen atoms in total. The number of carbonyl (C=O) groups is 1. The smallest absolute Gasteiger partial charge is 0.168 e. The minimum atomic E-state index is -0.349. The van der Waals surface area contributed by atoms with E-state index >= 15 is 0 Å². The molecule has 1 heterocycles. The maximum absolute atomic E-state index is 13.4. The fourth-order valence-electron chi connectivity index (χ4n) is 1.64. The lowest BCUT2D eigenvalue weighted by atomic mass is 10.0. The molecule has 3 heteroatoms. The Labute approximate surface area is 105 Å². The number of benzene rings is 1. The molecule has 2 rings (SSSR count). The number of aryl methyl sites for hydroxylation is 2. The molecule has 0 atom stereocenters. The molecule has 0 aliphatic heterocycles. The molecule has 0 saturated carbocycles. The van der Waals surface area contributed by atoms with Gasteiger partial charge >= 0.3 is 0 Å². The standard InChI is InChI=1S/C15H14FNO/c1-10-3-6-13(17-9-10)8-15(18)12-5-4-11(2)14(16)7-12/h3-7,9H,8H2,1-2H3. The Bertz CT molecular complexity index is 576. The van der Waals surface area contributed by atoms with Gasteiger partial charge < -0.3 is 0 Å². The van der Waals surface area contributed by atoms with Crippen molar-refractivity contribution in [1.82, 2.24) is 4.98 Å². The van der Waals surface area contributed by atoms with Crippen LogP contribution in [0.25, 0.3) is 0 Å². The van der Waals surface area contributed by atoms with E-state index in [0.29, 0.717) is 16.8 Å². The number of carbonyl (C=O) groups excluding carboxylic acids is 1. The zero-order chi connectivity index (χ0) is 13.1. The molecule has 0 spiro atoms. The van der Waals surface area contributed by atoms with Gasteiger partial charge in [-0.25, -0.2) is 4.39 Å². The van der Waals surface area contributed by atoms with Gasteiger partial charge in [-0.05, 0) is 37.1 Å².